The molecule has 1 N–H and O–H groups in total. The molecule has 0 aliphatic carbocycles. The number of para-hydroxylation sites is 1. The van der Waals surface area contributed by atoms with Crippen LogP contribution in [-0.4, -0.2) is 38.2 Å². The van der Waals surface area contributed by atoms with E-state index in [4.69, 9.17) is 4.74 Å². The molecule has 0 radical (unpaired) electrons. The Labute approximate surface area is 115 Å². The van der Waals surface area contributed by atoms with Gasteiger partial charge in [0.25, 0.3) is 0 Å². The molecule has 1 heterocycles. The first-order chi connectivity index (χ1) is 8.36. The fraction of sp³-hybridized carbons (Fsp3) is 0.429. The lowest BCUT2D eigenvalue weighted by Gasteiger charge is -2.36. The van der Waals surface area contributed by atoms with E-state index in [1.807, 2.05) is 18.2 Å². The van der Waals surface area contributed by atoms with Crippen LogP contribution >= 0.6 is 12.4 Å². The summed E-state index contributed by atoms with van der Waals surface area (Å²) in [6.07, 6.45) is 1.97. The maximum atomic E-state index is 5.44. The van der Waals surface area contributed by atoms with Crippen LogP contribution in [0.15, 0.2) is 36.9 Å². The SMILES string of the molecule is C=CCN1CCNCC1c1ccccc1OC.Cl. The summed E-state index contributed by atoms with van der Waals surface area (Å²) in [6, 6.07) is 8.62. The van der Waals surface area contributed by atoms with E-state index in [9.17, 15) is 0 Å². The second-order valence-electron chi connectivity index (χ2n) is 4.25. The van der Waals surface area contributed by atoms with E-state index in [1.54, 1.807) is 7.11 Å². The molecule has 4 heteroatoms. The second-order valence-corrected chi connectivity index (χ2v) is 4.25. The van der Waals surface area contributed by atoms with E-state index in [1.165, 1.54) is 5.56 Å². The van der Waals surface area contributed by atoms with Crippen molar-refractivity contribution in [3.05, 3.63) is 42.5 Å². The normalized spacial score (nSPS) is 19.9. The predicted octanol–water partition coefficient (Wildman–Crippen LogP) is 2.25. The summed E-state index contributed by atoms with van der Waals surface area (Å²) in [4.78, 5) is 2.43. The van der Waals surface area contributed by atoms with Crippen LogP contribution in [0, 0.1) is 0 Å². The van der Waals surface area contributed by atoms with Gasteiger partial charge in [0, 0.05) is 31.7 Å². The Morgan fingerprint density at radius 2 is 2.28 bits per heavy atom. The van der Waals surface area contributed by atoms with E-state index in [2.05, 4.69) is 28.9 Å². The molecule has 0 spiro atoms. The Bertz CT molecular complexity index is 384. The van der Waals surface area contributed by atoms with Gasteiger partial charge < -0.3 is 10.1 Å². The summed E-state index contributed by atoms with van der Waals surface area (Å²) in [5.74, 6) is 0.968. The number of halogens is 1. The molecular weight excluding hydrogens is 248 g/mol. The lowest BCUT2D eigenvalue weighted by Crippen LogP contribution is -2.46. The van der Waals surface area contributed by atoms with Gasteiger partial charge in [-0.25, -0.2) is 0 Å². The molecule has 0 saturated carbocycles. The molecular formula is C14H21ClN2O. The van der Waals surface area contributed by atoms with E-state index in [-0.39, 0.29) is 12.4 Å². The number of nitrogens with zero attached hydrogens (tertiary/aromatic N) is 1. The molecule has 3 nitrogen and oxygen atoms in total. The number of hydrogen-bond donors (Lipinski definition) is 1. The van der Waals surface area contributed by atoms with Gasteiger partial charge in [-0.3, -0.25) is 4.90 Å². The molecule has 2 rings (SSSR count). The largest absolute Gasteiger partial charge is 0.496 e. The number of benzene rings is 1. The van der Waals surface area contributed by atoms with Crippen LogP contribution in [0.4, 0.5) is 0 Å². The number of piperazine rings is 1. The number of methoxy groups -OCH3 is 1. The number of nitrogens with one attached hydrogen (secondary N) is 1. The van der Waals surface area contributed by atoms with E-state index < -0.39 is 0 Å². The van der Waals surface area contributed by atoms with Crippen LogP contribution in [0.1, 0.15) is 11.6 Å². The summed E-state index contributed by atoms with van der Waals surface area (Å²) in [6.45, 7) is 7.81. The van der Waals surface area contributed by atoms with Crippen LogP contribution in [0.5, 0.6) is 5.75 Å². The highest BCUT2D eigenvalue weighted by molar-refractivity contribution is 5.85. The maximum Gasteiger partial charge on any atom is 0.123 e. The smallest absolute Gasteiger partial charge is 0.123 e. The highest BCUT2D eigenvalue weighted by Crippen LogP contribution is 2.29. The van der Waals surface area contributed by atoms with Gasteiger partial charge in [0.2, 0.25) is 0 Å². The molecule has 1 saturated heterocycles. The Kier molecular flexibility index (Phi) is 6.19. The molecule has 1 atom stereocenters. The van der Waals surface area contributed by atoms with Crippen LogP contribution in [0.2, 0.25) is 0 Å². The van der Waals surface area contributed by atoms with E-state index in [0.717, 1.165) is 31.9 Å². The van der Waals surface area contributed by atoms with Crippen molar-refractivity contribution in [3.63, 3.8) is 0 Å². The van der Waals surface area contributed by atoms with Crippen molar-refractivity contribution in [3.8, 4) is 5.75 Å². The monoisotopic (exact) mass is 268 g/mol. The predicted molar refractivity (Wildman–Crippen MR) is 77.6 cm³/mol. The van der Waals surface area contributed by atoms with Gasteiger partial charge in [-0.05, 0) is 6.07 Å². The van der Waals surface area contributed by atoms with Crippen molar-refractivity contribution in [2.45, 2.75) is 6.04 Å². The third kappa shape index (κ3) is 3.25. The Morgan fingerprint density at radius 3 is 3.00 bits per heavy atom. The van der Waals surface area contributed by atoms with Crippen molar-refractivity contribution in [2.75, 3.05) is 33.3 Å². The minimum atomic E-state index is 0. The number of rotatable bonds is 4. The number of ether oxygens (including phenoxy) is 1. The molecule has 1 aromatic rings. The first kappa shape index (κ1) is 15.0. The van der Waals surface area contributed by atoms with Gasteiger partial charge in [-0.2, -0.15) is 0 Å². The van der Waals surface area contributed by atoms with Crippen LogP contribution in [0.3, 0.4) is 0 Å². The van der Waals surface area contributed by atoms with Gasteiger partial charge >= 0.3 is 0 Å². The van der Waals surface area contributed by atoms with Crippen molar-refractivity contribution in [2.24, 2.45) is 0 Å². The van der Waals surface area contributed by atoms with Crippen molar-refractivity contribution < 1.29 is 4.74 Å². The summed E-state index contributed by atoms with van der Waals surface area (Å²) in [5, 5.41) is 3.44. The van der Waals surface area contributed by atoms with Gasteiger partial charge in [0.15, 0.2) is 0 Å². The van der Waals surface area contributed by atoms with E-state index in [0.29, 0.717) is 6.04 Å². The summed E-state index contributed by atoms with van der Waals surface area (Å²) in [5.41, 5.74) is 1.25. The third-order valence-corrected chi connectivity index (χ3v) is 3.22. The molecule has 100 valence electrons. The molecule has 1 unspecified atom stereocenters. The topological polar surface area (TPSA) is 24.5 Å². The zero-order valence-electron chi connectivity index (χ0n) is 10.8. The first-order valence-electron chi connectivity index (χ1n) is 6.05. The summed E-state index contributed by atoms with van der Waals surface area (Å²) >= 11 is 0. The molecule has 0 aromatic heterocycles. The quantitative estimate of drug-likeness (QED) is 0.848. The standard InChI is InChI=1S/C14H20N2O.ClH/c1-3-9-16-10-8-15-11-13(16)12-6-4-5-7-14(12)17-2;/h3-7,13,15H,1,8-11H2,2H3;1H. The van der Waals surface area contributed by atoms with Gasteiger partial charge in [-0.1, -0.05) is 24.3 Å². The lowest BCUT2D eigenvalue weighted by atomic mass is 10.0. The fourth-order valence-corrected chi connectivity index (χ4v) is 2.38. The van der Waals surface area contributed by atoms with Crippen LogP contribution < -0.4 is 10.1 Å². The molecule has 1 aliphatic heterocycles. The van der Waals surface area contributed by atoms with E-state index >= 15 is 0 Å². The average Bonchev–Trinajstić information content (AvgIpc) is 2.40. The van der Waals surface area contributed by atoms with Crippen LogP contribution in [-0.2, 0) is 0 Å². The van der Waals surface area contributed by atoms with Crippen LogP contribution in [0.25, 0.3) is 0 Å². The maximum absolute atomic E-state index is 5.44. The number of hydrogen-bond acceptors (Lipinski definition) is 3. The highest BCUT2D eigenvalue weighted by atomic mass is 35.5. The molecule has 18 heavy (non-hydrogen) atoms. The molecule has 0 amide bonds. The van der Waals surface area contributed by atoms with Crippen molar-refractivity contribution in [1.29, 1.82) is 0 Å². The highest BCUT2D eigenvalue weighted by Gasteiger charge is 2.24. The van der Waals surface area contributed by atoms with Gasteiger partial charge in [0.05, 0.1) is 13.2 Å². The van der Waals surface area contributed by atoms with Gasteiger partial charge in [0.1, 0.15) is 5.75 Å². The minimum absolute atomic E-state index is 0. The summed E-state index contributed by atoms with van der Waals surface area (Å²) in [7, 11) is 1.73. The Morgan fingerprint density at radius 1 is 1.50 bits per heavy atom. The zero-order valence-corrected chi connectivity index (χ0v) is 11.6. The minimum Gasteiger partial charge on any atom is -0.496 e. The third-order valence-electron chi connectivity index (χ3n) is 3.22. The average molecular weight is 269 g/mol. The summed E-state index contributed by atoms with van der Waals surface area (Å²) < 4.78 is 5.44. The molecule has 0 bridgehead atoms. The van der Waals surface area contributed by atoms with Gasteiger partial charge in [-0.15, -0.1) is 19.0 Å². The second kappa shape index (κ2) is 7.41. The molecule has 1 aromatic carbocycles. The fourth-order valence-electron chi connectivity index (χ4n) is 2.38. The van der Waals surface area contributed by atoms with Crippen molar-refractivity contribution in [1.82, 2.24) is 10.2 Å². The lowest BCUT2D eigenvalue weighted by molar-refractivity contribution is 0.177. The first-order valence-corrected chi connectivity index (χ1v) is 6.05. The molecule has 1 fully saturated rings. The molecule has 1 aliphatic rings. The Hall–Kier alpha value is -1.03. The Balaban J connectivity index is 0.00000162. The zero-order chi connectivity index (χ0) is 12.1. The van der Waals surface area contributed by atoms with Crippen molar-refractivity contribution >= 4 is 12.4 Å².